The molecule has 0 bridgehead atoms. The molecule has 0 saturated heterocycles. The van der Waals surface area contributed by atoms with E-state index in [1.807, 2.05) is 35.2 Å². The highest BCUT2D eigenvalue weighted by atomic mass is 35.5. The average molecular weight is 582 g/mol. The van der Waals surface area contributed by atoms with Crippen molar-refractivity contribution in [1.29, 1.82) is 0 Å². The summed E-state index contributed by atoms with van der Waals surface area (Å²) in [5.41, 5.74) is 3.05. The predicted octanol–water partition coefficient (Wildman–Crippen LogP) is 5.57. The number of hydrogen-bond acceptors (Lipinski definition) is 2. The van der Waals surface area contributed by atoms with E-state index in [0.717, 1.165) is 30.1 Å². The number of aromatic nitrogens is 1. The molecule has 228 valence electrons. The van der Waals surface area contributed by atoms with Gasteiger partial charge in [0.25, 0.3) is 0 Å². The first-order valence-electron chi connectivity index (χ1n) is 16.6. The number of esters is 1. The molecule has 3 nitrogen and oxygen atoms in total. The summed E-state index contributed by atoms with van der Waals surface area (Å²) < 4.78 is 8.22. The monoisotopic (exact) mass is 581 g/mol. The van der Waals surface area contributed by atoms with E-state index in [0.29, 0.717) is 34.1 Å². The summed E-state index contributed by atoms with van der Waals surface area (Å²) in [5, 5.41) is 0. The zero-order chi connectivity index (χ0) is 28.7. The number of carbonyl (C=O) groups excluding carboxylic acids is 1. The number of fused-ring (bicyclic) bond motifs is 7. The predicted molar refractivity (Wildman–Crippen MR) is 161 cm³/mol. The molecule has 41 heavy (non-hydrogen) atoms. The van der Waals surface area contributed by atoms with Crippen LogP contribution in [0.25, 0.3) is 0 Å². The largest absolute Gasteiger partial charge is 1.00 e. The van der Waals surface area contributed by atoms with Crippen molar-refractivity contribution in [3.05, 3.63) is 42.7 Å². The minimum absolute atomic E-state index is 0. The highest BCUT2D eigenvalue weighted by Gasteiger charge is 2.70. The number of nitrogens with zero attached hydrogens (tertiary/aromatic N) is 1. The standard InChI is InChI=1S/C37H56NO2.ClH/c1-25(2)26-14-17-34(5)20-21-36(7)27(32(26)34)12-13-29-35(6)18-16-30(33(3,4)28(35)15-19-37(29,36)8)40-31(39)24-38-22-10-9-11-23-38;/h9-11,22-23,26-30,32H,1,12-21,24H2,2-8H3;1H/q+1;/p-1/t26-,27?,28?,29?,30-,32?,34+,35-,36+,37+;/m0./s1. The van der Waals surface area contributed by atoms with Crippen LogP contribution in [0, 0.1) is 56.7 Å². The summed E-state index contributed by atoms with van der Waals surface area (Å²) >= 11 is 0. The van der Waals surface area contributed by atoms with Crippen LogP contribution >= 0.6 is 0 Å². The Bertz CT molecular complexity index is 1160. The molecule has 5 aliphatic carbocycles. The molecule has 0 spiro atoms. The third kappa shape index (κ3) is 4.48. The fourth-order valence-corrected chi connectivity index (χ4v) is 12.6. The molecule has 6 rings (SSSR count). The van der Waals surface area contributed by atoms with Crippen LogP contribution in [-0.2, 0) is 16.1 Å². The Morgan fingerprint density at radius 2 is 1.54 bits per heavy atom. The summed E-state index contributed by atoms with van der Waals surface area (Å²) in [5.74, 6) is 3.63. The van der Waals surface area contributed by atoms with Crippen molar-refractivity contribution in [3.8, 4) is 0 Å². The fraction of sp³-hybridized carbons (Fsp3) is 0.784. The molecule has 10 atom stereocenters. The zero-order valence-corrected chi connectivity index (χ0v) is 27.7. The molecule has 0 N–H and O–H groups in total. The van der Waals surface area contributed by atoms with E-state index < -0.39 is 0 Å². The van der Waals surface area contributed by atoms with Gasteiger partial charge in [0.05, 0.1) is 0 Å². The van der Waals surface area contributed by atoms with Gasteiger partial charge in [0.1, 0.15) is 6.10 Å². The van der Waals surface area contributed by atoms with E-state index in [-0.39, 0.29) is 29.9 Å². The average Bonchev–Trinajstić information content (AvgIpc) is 3.25. The number of hydrogen-bond donors (Lipinski definition) is 0. The molecule has 5 aliphatic rings. The SMILES string of the molecule is C=C(C)[C@@H]1CC[C@]2(C)CC[C@]3(C)C(CCC4[C@@]5(C)CC[C@H](OC(=O)C[n+]6ccccc6)C(C)(C)C5CC[C@]43C)C12.[Cl-]. The highest BCUT2D eigenvalue weighted by molar-refractivity contribution is 5.68. The van der Waals surface area contributed by atoms with Crippen LogP contribution in [0.2, 0.25) is 0 Å². The topological polar surface area (TPSA) is 30.2 Å². The lowest BCUT2D eigenvalue weighted by Gasteiger charge is -2.73. The van der Waals surface area contributed by atoms with Crippen LogP contribution < -0.4 is 17.0 Å². The first-order chi connectivity index (χ1) is 18.8. The smallest absolute Gasteiger partial charge is 0.372 e. The fourth-order valence-electron chi connectivity index (χ4n) is 12.6. The van der Waals surface area contributed by atoms with Gasteiger partial charge in [-0.2, -0.15) is 4.57 Å². The molecular formula is C37H56ClNO2. The molecule has 5 fully saturated rings. The number of pyridine rings is 1. The van der Waals surface area contributed by atoms with Gasteiger partial charge in [-0.25, -0.2) is 4.79 Å². The Labute approximate surface area is 256 Å². The third-order valence-corrected chi connectivity index (χ3v) is 14.8. The second kappa shape index (κ2) is 10.4. The Hall–Kier alpha value is -1.35. The summed E-state index contributed by atoms with van der Waals surface area (Å²) in [6.45, 7) is 22.7. The van der Waals surface area contributed by atoms with E-state index >= 15 is 0 Å². The van der Waals surface area contributed by atoms with Crippen molar-refractivity contribution in [2.75, 3.05) is 0 Å². The first-order valence-corrected chi connectivity index (χ1v) is 16.6. The Morgan fingerprint density at radius 1 is 0.829 bits per heavy atom. The molecule has 1 aromatic heterocycles. The van der Waals surface area contributed by atoms with Gasteiger partial charge in [-0.1, -0.05) is 59.8 Å². The molecule has 1 heterocycles. The number of carbonyl (C=O) groups is 1. The number of ether oxygens (including phenoxy) is 1. The summed E-state index contributed by atoms with van der Waals surface area (Å²) in [6, 6.07) is 5.92. The molecular weight excluding hydrogens is 526 g/mol. The van der Waals surface area contributed by atoms with Crippen LogP contribution in [0.4, 0.5) is 0 Å². The van der Waals surface area contributed by atoms with E-state index in [4.69, 9.17) is 4.74 Å². The Kier molecular flexibility index (Phi) is 7.87. The van der Waals surface area contributed by atoms with Crippen LogP contribution in [0.3, 0.4) is 0 Å². The maximum absolute atomic E-state index is 13.0. The number of rotatable bonds is 4. The van der Waals surface area contributed by atoms with Crippen molar-refractivity contribution in [3.63, 3.8) is 0 Å². The maximum atomic E-state index is 13.0. The summed E-state index contributed by atoms with van der Waals surface area (Å²) in [7, 11) is 0. The van der Waals surface area contributed by atoms with Crippen LogP contribution in [0.15, 0.2) is 42.7 Å². The maximum Gasteiger partial charge on any atom is 0.372 e. The van der Waals surface area contributed by atoms with E-state index in [2.05, 4.69) is 55.0 Å². The zero-order valence-electron chi connectivity index (χ0n) is 27.0. The highest BCUT2D eigenvalue weighted by Crippen LogP contribution is 2.77. The summed E-state index contributed by atoms with van der Waals surface area (Å²) in [4.78, 5) is 13.0. The third-order valence-electron chi connectivity index (χ3n) is 14.8. The van der Waals surface area contributed by atoms with Crippen LogP contribution in [0.5, 0.6) is 0 Å². The van der Waals surface area contributed by atoms with Gasteiger partial charge in [-0.3, -0.25) is 0 Å². The van der Waals surface area contributed by atoms with Crippen molar-refractivity contribution in [1.82, 2.24) is 0 Å². The molecule has 0 aromatic carbocycles. The van der Waals surface area contributed by atoms with Crippen LogP contribution in [-0.4, -0.2) is 12.1 Å². The van der Waals surface area contributed by atoms with Crippen molar-refractivity contribution in [2.24, 2.45) is 56.7 Å². The lowest BCUT2D eigenvalue weighted by Crippen LogP contribution is -3.00. The normalized spacial score (nSPS) is 46.1. The minimum atomic E-state index is -0.0968. The molecule has 4 heteroatoms. The summed E-state index contributed by atoms with van der Waals surface area (Å²) in [6.07, 6.45) is 17.0. The van der Waals surface area contributed by atoms with Crippen molar-refractivity contribution < 1.29 is 26.5 Å². The van der Waals surface area contributed by atoms with Crippen LogP contribution in [0.1, 0.15) is 113 Å². The van der Waals surface area contributed by atoms with Crippen molar-refractivity contribution in [2.45, 2.75) is 125 Å². The number of halogens is 1. The van der Waals surface area contributed by atoms with Gasteiger partial charge < -0.3 is 17.1 Å². The molecule has 1 aromatic rings. The van der Waals surface area contributed by atoms with E-state index in [9.17, 15) is 4.79 Å². The van der Waals surface area contributed by atoms with Crippen molar-refractivity contribution >= 4 is 5.97 Å². The van der Waals surface area contributed by atoms with Gasteiger partial charge in [0.2, 0.25) is 6.54 Å². The van der Waals surface area contributed by atoms with Gasteiger partial charge in [-0.05, 0) is 122 Å². The molecule has 4 unspecified atom stereocenters. The molecule has 5 saturated carbocycles. The van der Waals surface area contributed by atoms with Gasteiger partial charge >= 0.3 is 5.97 Å². The van der Waals surface area contributed by atoms with Gasteiger partial charge in [0, 0.05) is 17.5 Å². The van der Waals surface area contributed by atoms with E-state index in [1.54, 1.807) is 0 Å². The second-order valence-corrected chi connectivity index (χ2v) is 16.7. The van der Waals surface area contributed by atoms with Gasteiger partial charge in [-0.15, -0.1) is 0 Å². The first kappa shape index (κ1) is 31.1. The molecule has 0 amide bonds. The molecule has 0 aliphatic heterocycles. The lowest BCUT2D eigenvalue weighted by molar-refractivity contribution is -0.686. The van der Waals surface area contributed by atoms with Gasteiger partial charge in [0.15, 0.2) is 12.4 Å². The van der Waals surface area contributed by atoms with E-state index in [1.165, 1.54) is 63.4 Å². The quantitative estimate of drug-likeness (QED) is 0.264. The minimum Gasteiger partial charge on any atom is -1.00 e. The Morgan fingerprint density at radius 3 is 2.22 bits per heavy atom. The number of allylic oxidation sites excluding steroid dienone is 1. The second-order valence-electron chi connectivity index (χ2n) is 16.7. The lowest BCUT2D eigenvalue weighted by atomic mass is 9.32. The molecule has 0 radical (unpaired) electrons. The Balaban J connectivity index is 0.00000337.